The van der Waals surface area contributed by atoms with Gasteiger partial charge < -0.3 is 5.32 Å². The van der Waals surface area contributed by atoms with E-state index in [1.807, 2.05) is 0 Å². The van der Waals surface area contributed by atoms with Crippen LogP contribution in [0.3, 0.4) is 0 Å². The van der Waals surface area contributed by atoms with Gasteiger partial charge in [-0.05, 0) is 31.8 Å². The van der Waals surface area contributed by atoms with Crippen molar-refractivity contribution >= 4 is 0 Å². The zero-order valence-electron chi connectivity index (χ0n) is 5.61. The first kappa shape index (κ1) is 9.43. The van der Waals surface area contributed by atoms with Crippen LogP contribution in [0.4, 0.5) is 0 Å². The Morgan fingerprint density at radius 3 is 2.00 bits per heavy atom. The van der Waals surface area contributed by atoms with E-state index >= 15 is 0 Å². The first-order chi connectivity index (χ1) is 3.39. The summed E-state index contributed by atoms with van der Waals surface area (Å²) in [5, 5.41) is 3.32. The van der Waals surface area contributed by atoms with Crippen molar-refractivity contribution < 1.29 is 45.0 Å². The molecule has 0 aromatic carbocycles. The molecule has 0 unspecified atom stereocenters. The molecule has 1 saturated heterocycles. The second-order valence-electron chi connectivity index (χ2n) is 2.43. The molecule has 0 amide bonds. The van der Waals surface area contributed by atoms with Crippen LogP contribution in [0.15, 0.2) is 0 Å². The van der Waals surface area contributed by atoms with Gasteiger partial charge in [-0.1, -0.05) is 6.92 Å². The van der Waals surface area contributed by atoms with E-state index in [1.54, 1.807) is 0 Å². The third-order valence-corrected chi connectivity index (χ3v) is 1.63. The average Bonchev–Trinajstić information content (AvgIpc) is 1.69. The normalized spacial score (nSPS) is 22.1. The molecule has 1 N–H and O–H groups in total. The monoisotopic (exact) mass is 325 g/mol. The molecule has 1 rings (SSSR count). The summed E-state index contributed by atoms with van der Waals surface area (Å²) in [6, 6.07) is 0. The summed E-state index contributed by atoms with van der Waals surface area (Å²) in [4.78, 5) is 0. The minimum Gasteiger partial charge on any atom is -0.317 e. The molecule has 8 heavy (non-hydrogen) atoms. The molecule has 0 aliphatic carbocycles. The minimum atomic E-state index is 0. The largest absolute Gasteiger partial charge is 0.317 e. The van der Waals surface area contributed by atoms with Crippen molar-refractivity contribution in [1.29, 1.82) is 0 Å². The first-order valence-electron chi connectivity index (χ1n) is 3.10. The van der Waals surface area contributed by atoms with Gasteiger partial charge in [0.25, 0.3) is 0 Å². The fourth-order valence-corrected chi connectivity index (χ4v) is 0.966. The van der Waals surface area contributed by atoms with Crippen molar-refractivity contribution in [1.82, 2.24) is 5.32 Å². The zero-order valence-corrected chi connectivity index (χ0v) is 11.4. The smallest absolute Gasteiger partial charge is 0 e. The van der Waals surface area contributed by atoms with Crippen LogP contribution in [0.1, 0.15) is 19.8 Å². The maximum atomic E-state index is 3.32. The molecule has 0 atom stereocenters. The summed E-state index contributed by atoms with van der Waals surface area (Å²) in [7, 11) is 0. The molecule has 0 aromatic rings. The Balaban J connectivity index is 0.000000490. The van der Waals surface area contributed by atoms with Crippen LogP contribution in [0.25, 0.3) is 0 Å². The van der Waals surface area contributed by atoms with Gasteiger partial charge in [-0.3, -0.25) is 0 Å². The predicted molar refractivity (Wildman–Crippen MR) is 31.3 cm³/mol. The van der Waals surface area contributed by atoms with E-state index in [-0.39, 0.29) is 45.0 Å². The molecule has 1 aliphatic heterocycles. The molecule has 1 heterocycles. The molecule has 2 radical (unpaired) electrons. The molecule has 0 saturated carbocycles. The Morgan fingerprint density at radius 2 is 1.75 bits per heavy atom. The van der Waals surface area contributed by atoms with Gasteiger partial charge in [0, 0.05) is 45.0 Å². The van der Waals surface area contributed by atoms with Crippen LogP contribution < -0.4 is 5.32 Å². The second kappa shape index (κ2) is 5.23. The van der Waals surface area contributed by atoms with Crippen molar-refractivity contribution in [3.63, 3.8) is 0 Å². The van der Waals surface area contributed by atoms with E-state index in [0.29, 0.717) is 0 Å². The SMILES string of the molecule is CC1CCNCC1.[Ra]. The van der Waals surface area contributed by atoms with Crippen molar-refractivity contribution in [2.24, 2.45) is 5.92 Å². The Morgan fingerprint density at radius 1 is 1.25 bits per heavy atom. The maximum absolute atomic E-state index is 3.32. The standard InChI is InChI=1S/C6H13N.Ra/c1-6-2-4-7-5-3-6;/h6-7H,2-5H2,1H3;. The predicted octanol–water partition coefficient (Wildman–Crippen LogP) is 1.01. The molecule has 1 aliphatic rings. The topological polar surface area (TPSA) is 12.0 Å². The first-order valence-corrected chi connectivity index (χ1v) is 3.10. The zero-order chi connectivity index (χ0) is 5.11. The molecular weight excluding hydrogens is 312 g/mol. The van der Waals surface area contributed by atoms with E-state index in [2.05, 4.69) is 12.2 Å². The van der Waals surface area contributed by atoms with E-state index < -0.39 is 0 Å². The summed E-state index contributed by atoms with van der Waals surface area (Å²) in [6.07, 6.45) is 2.75. The van der Waals surface area contributed by atoms with Gasteiger partial charge in [-0.25, -0.2) is 0 Å². The van der Waals surface area contributed by atoms with Crippen LogP contribution in [0.2, 0.25) is 0 Å². The van der Waals surface area contributed by atoms with E-state index in [0.717, 1.165) is 5.92 Å². The molecule has 0 spiro atoms. The van der Waals surface area contributed by atoms with Gasteiger partial charge in [0.2, 0.25) is 0 Å². The Hall–Kier alpha value is 1.43. The molecule has 0 bridgehead atoms. The molecule has 2 heteroatoms. The number of hydrogen-bond donors (Lipinski definition) is 1. The van der Waals surface area contributed by atoms with Crippen LogP contribution in [0.5, 0.6) is 0 Å². The van der Waals surface area contributed by atoms with Crippen LogP contribution in [-0.4, -0.2) is 13.1 Å². The van der Waals surface area contributed by atoms with Gasteiger partial charge in [0.15, 0.2) is 0 Å². The number of hydrogen-bond acceptors (Lipinski definition) is 1. The molecular formula is C6H13NRa. The third-order valence-electron chi connectivity index (χ3n) is 1.63. The molecule has 1 fully saturated rings. The third kappa shape index (κ3) is 3.45. The fraction of sp³-hybridized carbons (Fsp3) is 1.00. The fourth-order valence-electron chi connectivity index (χ4n) is 0.966. The van der Waals surface area contributed by atoms with Crippen molar-refractivity contribution in [3.8, 4) is 0 Å². The summed E-state index contributed by atoms with van der Waals surface area (Å²) < 4.78 is 0. The summed E-state index contributed by atoms with van der Waals surface area (Å²) in [5.41, 5.74) is 0. The molecule has 0 aromatic heterocycles. The van der Waals surface area contributed by atoms with Crippen LogP contribution >= 0.6 is 0 Å². The summed E-state index contributed by atoms with van der Waals surface area (Å²) in [6.45, 7) is 4.79. The van der Waals surface area contributed by atoms with Crippen LogP contribution in [-0.2, 0) is 0 Å². The Bertz CT molecular complexity index is 50.5. The Labute approximate surface area is 88.0 Å². The van der Waals surface area contributed by atoms with Crippen molar-refractivity contribution in [2.45, 2.75) is 19.8 Å². The quantitative estimate of drug-likeness (QED) is 0.701. The summed E-state index contributed by atoms with van der Waals surface area (Å²) in [5.74, 6) is 0.973. The average molecular weight is 325 g/mol. The van der Waals surface area contributed by atoms with Gasteiger partial charge >= 0.3 is 0 Å². The molecule has 44 valence electrons. The Kier molecular flexibility index (Phi) is 6.16. The van der Waals surface area contributed by atoms with Gasteiger partial charge in [0.1, 0.15) is 0 Å². The summed E-state index contributed by atoms with van der Waals surface area (Å²) >= 11 is 0. The molecule has 1 nitrogen and oxygen atoms in total. The minimum absolute atomic E-state index is 0. The van der Waals surface area contributed by atoms with Gasteiger partial charge in [-0.15, -0.1) is 0 Å². The van der Waals surface area contributed by atoms with E-state index in [1.165, 1.54) is 25.9 Å². The second-order valence-corrected chi connectivity index (χ2v) is 2.43. The van der Waals surface area contributed by atoms with E-state index in [4.69, 9.17) is 0 Å². The van der Waals surface area contributed by atoms with Crippen molar-refractivity contribution in [3.05, 3.63) is 0 Å². The number of piperidine rings is 1. The van der Waals surface area contributed by atoms with Gasteiger partial charge in [-0.2, -0.15) is 0 Å². The van der Waals surface area contributed by atoms with Gasteiger partial charge in [0.05, 0.1) is 0 Å². The number of nitrogens with one attached hydrogen (secondary N) is 1. The van der Waals surface area contributed by atoms with Crippen molar-refractivity contribution in [2.75, 3.05) is 13.1 Å². The number of rotatable bonds is 0. The van der Waals surface area contributed by atoms with Crippen LogP contribution in [0, 0.1) is 50.9 Å². The van der Waals surface area contributed by atoms with E-state index in [9.17, 15) is 0 Å². The maximum Gasteiger partial charge on any atom is 0 e.